The second kappa shape index (κ2) is 9.67. The zero-order valence-electron chi connectivity index (χ0n) is 20.3. The minimum absolute atomic E-state index is 0.0111. The van der Waals surface area contributed by atoms with E-state index in [0.29, 0.717) is 64.0 Å². The van der Waals surface area contributed by atoms with Gasteiger partial charge in [-0.25, -0.2) is 0 Å². The van der Waals surface area contributed by atoms with Gasteiger partial charge < -0.3 is 28.1 Å². The first-order chi connectivity index (χ1) is 17.2. The lowest BCUT2D eigenvalue weighted by molar-refractivity contribution is -0.169. The van der Waals surface area contributed by atoms with Gasteiger partial charge >= 0.3 is 5.97 Å². The van der Waals surface area contributed by atoms with Gasteiger partial charge in [-0.2, -0.15) is 0 Å². The Morgan fingerprint density at radius 3 is 2.58 bits per heavy atom. The highest BCUT2D eigenvalue weighted by molar-refractivity contribution is 6.34. The van der Waals surface area contributed by atoms with E-state index in [1.807, 2.05) is 20.8 Å². The highest BCUT2D eigenvalue weighted by Gasteiger charge is 2.37. The third-order valence-electron chi connectivity index (χ3n) is 5.98. The van der Waals surface area contributed by atoms with Gasteiger partial charge in [0.25, 0.3) is 0 Å². The number of benzene rings is 2. The second-order valence-corrected chi connectivity index (χ2v) is 10.2. The molecular formula is C27H27ClO8. The fourth-order valence-electron chi connectivity index (χ4n) is 4.16. The van der Waals surface area contributed by atoms with Gasteiger partial charge in [0.1, 0.15) is 23.7 Å². The second-order valence-electron chi connectivity index (χ2n) is 9.84. The molecule has 3 aromatic rings. The maximum absolute atomic E-state index is 12.7. The molecule has 1 aromatic heterocycles. The molecule has 0 spiro atoms. The molecule has 190 valence electrons. The Morgan fingerprint density at radius 1 is 1.08 bits per heavy atom. The summed E-state index contributed by atoms with van der Waals surface area (Å²) in [6, 6.07) is 9.87. The van der Waals surface area contributed by atoms with Crippen LogP contribution in [0.25, 0.3) is 22.3 Å². The molecule has 1 saturated carbocycles. The first-order valence-electron chi connectivity index (χ1n) is 11.8. The minimum atomic E-state index is -0.491. The predicted octanol–water partition coefficient (Wildman–Crippen LogP) is 5.36. The molecular weight excluding hydrogens is 488 g/mol. The Kier molecular flexibility index (Phi) is 6.57. The average Bonchev–Trinajstić information content (AvgIpc) is 3.24. The molecule has 9 heteroatoms. The number of hydrogen-bond acceptors (Lipinski definition) is 8. The van der Waals surface area contributed by atoms with Crippen molar-refractivity contribution in [3.63, 3.8) is 0 Å². The summed E-state index contributed by atoms with van der Waals surface area (Å²) >= 11 is 6.28. The van der Waals surface area contributed by atoms with E-state index < -0.39 is 5.60 Å². The molecule has 1 aliphatic heterocycles. The Labute approximate surface area is 213 Å². The number of carbonyl (C=O) groups excluding carboxylic acids is 1. The molecule has 0 bridgehead atoms. The van der Waals surface area contributed by atoms with Crippen LogP contribution in [0.15, 0.2) is 45.6 Å². The molecule has 0 atom stereocenters. The molecule has 2 heterocycles. The Balaban J connectivity index is 1.26. The van der Waals surface area contributed by atoms with Crippen molar-refractivity contribution in [1.82, 2.24) is 0 Å². The largest absolute Gasteiger partial charge is 0.490 e. The number of fused-ring (bicyclic) bond motifs is 2. The number of esters is 1. The van der Waals surface area contributed by atoms with E-state index in [9.17, 15) is 9.59 Å². The Morgan fingerprint density at radius 2 is 1.83 bits per heavy atom. The highest BCUT2D eigenvalue weighted by atomic mass is 35.5. The lowest BCUT2D eigenvalue weighted by Crippen LogP contribution is -2.40. The predicted molar refractivity (Wildman–Crippen MR) is 133 cm³/mol. The molecule has 0 saturated heterocycles. The maximum Gasteiger partial charge on any atom is 0.309 e. The minimum Gasteiger partial charge on any atom is -0.490 e. The topological polar surface area (TPSA) is 93.4 Å². The smallest absolute Gasteiger partial charge is 0.309 e. The number of carbonyl (C=O) groups is 1. The average molecular weight is 515 g/mol. The van der Waals surface area contributed by atoms with Crippen molar-refractivity contribution in [2.45, 2.75) is 45.3 Å². The van der Waals surface area contributed by atoms with Crippen LogP contribution in [-0.2, 0) is 14.3 Å². The summed E-state index contributed by atoms with van der Waals surface area (Å²) in [5.41, 5.74) is 0.129. The molecule has 5 rings (SSSR count). The third-order valence-corrected chi connectivity index (χ3v) is 6.27. The molecule has 8 nitrogen and oxygen atoms in total. The SMILES string of the molecule is CC(C)(C)OC(=O)[C@H]1C[C@@H](OCCOc2cc3c(cc2-c2cc(=O)c4cccc(Cl)c4o2)OCO3)C1. The van der Waals surface area contributed by atoms with Crippen LogP contribution >= 0.6 is 11.6 Å². The third kappa shape index (κ3) is 5.15. The molecule has 1 fully saturated rings. The van der Waals surface area contributed by atoms with Crippen molar-refractivity contribution in [2.24, 2.45) is 5.92 Å². The van der Waals surface area contributed by atoms with E-state index in [1.165, 1.54) is 6.07 Å². The summed E-state index contributed by atoms with van der Waals surface area (Å²) in [6.07, 6.45) is 1.25. The van der Waals surface area contributed by atoms with E-state index in [-0.39, 0.29) is 36.8 Å². The van der Waals surface area contributed by atoms with Crippen molar-refractivity contribution >= 4 is 28.5 Å². The van der Waals surface area contributed by atoms with E-state index in [0.717, 1.165) is 0 Å². The van der Waals surface area contributed by atoms with E-state index >= 15 is 0 Å². The van der Waals surface area contributed by atoms with Crippen molar-refractivity contribution in [3.8, 4) is 28.6 Å². The van der Waals surface area contributed by atoms with Crippen LogP contribution < -0.4 is 19.6 Å². The van der Waals surface area contributed by atoms with Gasteiger partial charge in [0.05, 0.1) is 34.6 Å². The van der Waals surface area contributed by atoms with E-state index in [1.54, 1.807) is 30.3 Å². The van der Waals surface area contributed by atoms with Gasteiger partial charge in [0, 0.05) is 12.1 Å². The molecule has 2 aliphatic rings. The molecule has 2 aromatic carbocycles. The molecule has 1 aliphatic carbocycles. The van der Waals surface area contributed by atoms with Crippen molar-refractivity contribution < 1.29 is 32.9 Å². The standard InChI is InChI=1S/C27H27ClO8/c1-27(2,3)36-26(30)15-9-16(10-15)31-7-8-32-21-13-24-23(33-14-34-24)11-18(21)22-12-20(29)17-5-4-6-19(28)25(17)35-22/h4-6,11-13,15-16H,7-10,14H2,1-3H3/t15-,16+. The van der Waals surface area contributed by atoms with E-state index in [4.69, 9.17) is 39.7 Å². The van der Waals surface area contributed by atoms with Gasteiger partial charge in [0.15, 0.2) is 22.5 Å². The first kappa shape index (κ1) is 24.5. The molecule has 0 radical (unpaired) electrons. The lowest BCUT2D eigenvalue weighted by Gasteiger charge is -2.35. The molecule has 0 unspecified atom stereocenters. The van der Waals surface area contributed by atoms with Crippen LogP contribution in [0.5, 0.6) is 17.2 Å². The maximum atomic E-state index is 12.7. The van der Waals surface area contributed by atoms with Crippen LogP contribution in [0.4, 0.5) is 0 Å². The van der Waals surface area contributed by atoms with Gasteiger partial charge in [-0.1, -0.05) is 17.7 Å². The van der Waals surface area contributed by atoms with Crippen LogP contribution in [0.1, 0.15) is 33.6 Å². The summed E-state index contributed by atoms with van der Waals surface area (Å²) in [7, 11) is 0. The molecule has 0 N–H and O–H groups in total. The fraction of sp³-hybridized carbons (Fsp3) is 0.407. The number of halogens is 1. The van der Waals surface area contributed by atoms with Crippen LogP contribution in [0.3, 0.4) is 0 Å². The number of ether oxygens (including phenoxy) is 5. The first-order valence-corrected chi connectivity index (χ1v) is 12.2. The van der Waals surface area contributed by atoms with Gasteiger partial charge in [-0.3, -0.25) is 9.59 Å². The zero-order chi connectivity index (χ0) is 25.4. The summed E-state index contributed by atoms with van der Waals surface area (Å²) in [4.78, 5) is 24.9. The van der Waals surface area contributed by atoms with Gasteiger partial charge in [-0.05, 0) is 51.8 Å². The van der Waals surface area contributed by atoms with E-state index in [2.05, 4.69) is 0 Å². The van der Waals surface area contributed by atoms with Crippen LogP contribution in [0, 0.1) is 5.92 Å². The zero-order valence-corrected chi connectivity index (χ0v) is 21.1. The number of rotatable bonds is 7. The fourth-order valence-corrected chi connectivity index (χ4v) is 4.37. The Bertz CT molecular complexity index is 1350. The molecule has 36 heavy (non-hydrogen) atoms. The number of hydrogen-bond donors (Lipinski definition) is 0. The van der Waals surface area contributed by atoms with Crippen molar-refractivity contribution in [1.29, 1.82) is 0 Å². The van der Waals surface area contributed by atoms with Crippen molar-refractivity contribution in [3.05, 3.63) is 51.6 Å². The van der Waals surface area contributed by atoms with Crippen molar-refractivity contribution in [2.75, 3.05) is 20.0 Å². The summed E-state index contributed by atoms with van der Waals surface area (Å²) in [6.45, 7) is 6.24. The quantitative estimate of drug-likeness (QED) is 0.307. The normalized spacial score (nSPS) is 18.7. The monoisotopic (exact) mass is 514 g/mol. The Hall–Kier alpha value is -3.23. The molecule has 0 amide bonds. The summed E-state index contributed by atoms with van der Waals surface area (Å²) < 4.78 is 34.3. The lowest BCUT2D eigenvalue weighted by atomic mass is 9.82. The van der Waals surface area contributed by atoms with Gasteiger partial charge in [-0.15, -0.1) is 0 Å². The summed E-state index contributed by atoms with van der Waals surface area (Å²) in [5.74, 6) is 1.51. The summed E-state index contributed by atoms with van der Waals surface area (Å²) in [5, 5.41) is 0.737. The highest BCUT2D eigenvalue weighted by Crippen LogP contribution is 2.43. The van der Waals surface area contributed by atoms with Crippen LogP contribution in [-0.4, -0.2) is 37.7 Å². The van der Waals surface area contributed by atoms with Crippen LogP contribution in [0.2, 0.25) is 5.02 Å². The van der Waals surface area contributed by atoms with Gasteiger partial charge in [0.2, 0.25) is 6.79 Å². The number of para-hydroxylation sites is 1.